The van der Waals surface area contributed by atoms with Crippen LogP contribution in [0.15, 0.2) is 114 Å². The van der Waals surface area contributed by atoms with Crippen LogP contribution in [0, 0.1) is 0 Å². The van der Waals surface area contributed by atoms with E-state index >= 15 is 0 Å². The summed E-state index contributed by atoms with van der Waals surface area (Å²) in [5.41, 5.74) is 2.00. The predicted molar refractivity (Wildman–Crippen MR) is 176 cm³/mol. The number of nitrogens with zero attached hydrogens (tertiary/aromatic N) is 4. The molecule has 4 aromatic rings. The topological polar surface area (TPSA) is 156 Å². The normalized spacial score (nSPS) is 17.5. The molecule has 0 N–H and O–H groups in total. The molecule has 0 aliphatic carbocycles. The van der Waals surface area contributed by atoms with Crippen LogP contribution in [0.3, 0.4) is 0 Å². The summed E-state index contributed by atoms with van der Waals surface area (Å²) in [5.74, 6) is 1.67. The summed E-state index contributed by atoms with van der Waals surface area (Å²) >= 11 is 6.77. The van der Waals surface area contributed by atoms with E-state index in [0.717, 1.165) is 32.6 Å². The van der Waals surface area contributed by atoms with E-state index in [9.17, 15) is 16.8 Å². The van der Waals surface area contributed by atoms with Crippen LogP contribution in [0.2, 0.25) is 0 Å². The molecule has 240 valence electrons. The van der Waals surface area contributed by atoms with Gasteiger partial charge in [0.05, 0.1) is 25.2 Å². The molecule has 0 saturated carbocycles. The van der Waals surface area contributed by atoms with Crippen molar-refractivity contribution in [3.05, 3.63) is 105 Å². The van der Waals surface area contributed by atoms with Gasteiger partial charge >= 0.3 is 0 Å². The van der Waals surface area contributed by atoms with Gasteiger partial charge in [0.25, 0.3) is 0 Å². The quantitative estimate of drug-likeness (QED) is 0.220. The predicted octanol–water partition coefficient (Wildman–Crippen LogP) is 6.20. The number of benzene rings is 2. The maximum atomic E-state index is 11.4. The Labute approximate surface area is 282 Å². The van der Waals surface area contributed by atoms with Crippen LogP contribution in [0.5, 0.6) is 11.5 Å². The fraction of sp³-hybridized carbons (Fsp3) is 0.200. The first kappa shape index (κ1) is 33.5. The first-order valence-electron chi connectivity index (χ1n) is 13.5. The van der Waals surface area contributed by atoms with Crippen molar-refractivity contribution in [2.75, 3.05) is 12.5 Å². The summed E-state index contributed by atoms with van der Waals surface area (Å²) in [6.07, 6.45) is 5.52. The molecule has 0 unspecified atom stereocenters. The lowest BCUT2D eigenvalue weighted by atomic mass is 10.1. The Morgan fingerprint density at radius 3 is 1.28 bits per heavy atom. The van der Waals surface area contributed by atoms with Crippen molar-refractivity contribution < 1.29 is 36.0 Å². The van der Waals surface area contributed by atoms with Crippen LogP contribution in [0.1, 0.15) is 36.2 Å². The van der Waals surface area contributed by atoms with Crippen molar-refractivity contribution >= 4 is 63.3 Å². The number of oxime groups is 2. The molecule has 2 aromatic carbocycles. The zero-order chi connectivity index (χ0) is 32.9. The Bertz CT molecular complexity index is 1810. The third kappa shape index (κ3) is 9.11. The lowest BCUT2D eigenvalue weighted by molar-refractivity contribution is 0.0854. The van der Waals surface area contributed by atoms with Crippen molar-refractivity contribution in [3.63, 3.8) is 0 Å². The molecule has 2 aliphatic rings. The largest absolute Gasteiger partial charge is 0.438 e. The van der Waals surface area contributed by atoms with Crippen LogP contribution >= 0.6 is 31.9 Å². The second-order valence-corrected chi connectivity index (χ2v) is 15.8. The smallest absolute Gasteiger partial charge is 0.235 e. The highest BCUT2D eigenvalue weighted by molar-refractivity contribution is 9.10. The number of halogens is 2. The van der Waals surface area contributed by atoms with Crippen LogP contribution < -0.4 is 9.47 Å². The lowest BCUT2D eigenvalue weighted by Crippen LogP contribution is -2.08. The number of hydrogen-bond donors (Lipinski definition) is 0. The maximum absolute atomic E-state index is 11.4. The number of sulfone groups is 2. The zero-order valence-electron chi connectivity index (χ0n) is 24.3. The molecule has 6 rings (SSSR count). The fourth-order valence-electron chi connectivity index (χ4n) is 4.11. The van der Waals surface area contributed by atoms with Gasteiger partial charge in [0.2, 0.25) is 11.8 Å². The first-order valence-corrected chi connectivity index (χ1v) is 18.8. The molecular weight excluding hydrogens is 768 g/mol. The second-order valence-electron chi connectivity index (χ2n) is 10.1. The van der Waals surface area contributed by atoms with Crippen molar-refractivity contribution in [1.82, 2.24) is 9.97 Å². The van der Waals surface area contributed by atoms with E-state index in [-0.39, 0.29) is 22.3 Å². The van der Waals surface area contributed by atoms with Gasteiger partial charge in [-0.05, 0) is 59.7 Å². The number of rotatable bonds is 6. The highest BCUT2D eigenvalue weighted by Crippen LogP contribution is 2.30. The van der Waals surface area contributed by atoms with Gasteiger partial charge in [-0.1, -0.05) is 66.4 Å². The molecule has 46 heavy (non-hydrogen) atoms. The highest BCUT2D eigenvalue weighted by atomic mass is 79.9. The number of aromatic nitrogens is 2. The third-order valence-electron chi connectivity index (χ3n) is 6.42. The minimum Gasteiger partial charge on any atom is -0.438 e. The van der Waals surface area contributed by atoms with Gasteiger partial charge < -0.3 is 19.1 Å². The van der Waals surface area contributed by atoms with E-state index in [1.54, 1.807) is 12.1 Å². The van der Waals surface area contributed by atoms with E-state index in [4.69, 9.17) is 19.1 Å². The van der Waals surface area contributed by atoms with Crippen LogP contribution in [-0.4, -0.2) is 51.1 Å². The molecule has 2 atom stereocenters. The van der Waals surface area contributed by atoms with Gasteiger partial charge in [-0.25, -0.2) is 26.8 Å². The van der Waals surface area contributed by atoms with E-state index in [0.29, 0.717) is 36.1 Å². The Balaban J connectivity index is 0.000000181. The molecule has 0 spiro atoms. The van der Waals surface area contributed by atoms with E-state index in [1.165, 1.54) is 24.5 Å². The summed E-state index contributed by atoms with van der Waals surface area (Å²) in [6, 6.07) is 21.4. The molecule has 4 heterocycles. The number of ether oxygens (including phenoxy) is 2. The van der Waals surface area contributed by atoms with Gasteiger partial charge in [-0.15, -0.1) is 0 Å². The van der Waals surface area contributed by atoms with Crippen molar-refractivity contribution in [1.29, 1.82) is 0 Å². The monoisotopic (exact) mass is 792 g/mol. The van der Waals surface area contributed by atoms with Crippen LogP contribution in [0.4, 0.5) is 0 Å². The maximum Gasteiger partial charge on any atom is 0.235 e. The SMILES string of the molecule is CS(=O)(=O)c1ccc(OC2=NO[C@@H](c3ccc(Br)cc3)C2)cn1.CS(=O)(=O)c1ccc(OC2=NO[C@H](c3ccc(Br)cc3)C2)cn1. The first-order chi connectivity index (χ1) is 21.8. The zero-order valence-corrected chi connectivity index (χ0v) is 29.1. The lowest BCUT2D eigenvalue weighted by Gasteiger charge is -2.08. The summed E-state index contributed by atoms with van der Waals surface area (Å²) in [7, 11) is -6.64. The average Bonchev–Trinajstić information content (AvgIpc) is 3.68. The van der Waals surface area contributed by atoms with Gasteiger partial charge in [0, 0.05) is 21.5 Å². The summed E-state index contributed by atoms with van der Waals surface area (Å²) < 4.78 is 58.6. The average molecular weight is 794 g/mol. The summed E-state index contributed by atoms with van der Waals surface area (Å²) in [4.78, 5) is 18.5. The fourth-order valence-corrected chi connectivity index (χ4v) is 5.76. The van der Waals surface area contributed by atoms with Crippen molar-refractivity contribution in [2.24, 2.45) is 10.3 Å². The Morgan fingerprint density at radius 2 is 0.978 bits per heavy atom. The van der Waals surface area contributed by atoms with Gasteiger partial charge in [0.1, 0.15) is 11.5 Å². The standard InChI is InChI=1S/2C15H13BrN2O4S/c2*1-23(19,20)15-7-6-12(9-17-15)21-14-8-13(22-18-14)10-2-4-11(16)5-3-10/h2*2-7,9,13H,8H2,1H3/t2*13-/m10/s1. The molecule has 0 radical (unpaired) electrons. The molecule has 0 bridgehead atoms. The minimum atomic E-state index is -3.32. The van der Waals surface area contributed by atoms with Crippen molar-refractivity contribution in [3.8, 4) is 11.5 Å². The highest BCUT2D eigenvalue weighted by Gasteiger charge is 2.26. The molecule has 0 amide bonds. The van der Waals surface area contributed by atoms with Gasteiger partial charge in [-0.2, -0.15) is 0 Å². The molecule has 12 nitrogen and oxygen atoms in total. The Morgan fingerprint density at radius 1 is 0.609 bits per heavy atom. The number of pyridine rings is 2. The summed E-state index contributed by atoms with van der Waals surface area (Å²) in [6.45, 7) is 0. The second kappa shape index (κ2) is 14.3. The van der Waals surface area contributed by atoms with E-state index < -0.39 is 19.7 Å². The van der Waals surface area contributed by atoms with Crippen LogP contribution in [0.25, 0.3) is 0 Å². The molecular formula is C30H26Br2N4O8S2. The molecule has 0 fully saturated rings. The minimum absolute atomic E-state index is 0.00204. The molecule has 2 aliphatic heterocycles. The Hall–Kier alpha value is -3.86. The van der Waals surface area contributed by atoms with Gasteiger partial charge in [0.15, 0.2) is 41.9 Å². The van der Waals surface area contributed by atoms with Gasteiger partial charge in [-0.3, -0.25) is 0 Å². The molecule has 0 saturated heterocycles. The third-order valence-corrected chi connectivity index (χ3v) is 9.48. The van der Waals surface area contributed by atoms with Crippen molar-refractivity contribution in [2.45, 2.75) is 35.1 Å². The van der Waals surface area contributed by atoms with E-state index in [1.807, 2.05) is 48.5 Å². The van der Waals surface area contributed by atoms with Crippen LogP contribution in [-0.2, 0) is 29.3 Å². The van der Waals surface area contributed by atoms with E-state index in [2.05, 4.69) is 52.1 Å². The molecule has 16 heteroatoms. The summed E-state index contributed by atoms with van der Waals surface area (Å²) in [5, 5.41) is 7.84. The Kier molecular flexibility index (Phi) is 10.4. The number of hydrogen-bond acceptors (Lipinski definition) is 12. The molecule has 2 aromatic heterocycles.